The minimum absolute atomic E-state index is 0.124. The van der Waals surface area contributed by atoms with Crippen LogP contribution < -0.4 is 10.1 Å². The highest BCUT2D eigenvalue weighted by atomic mass is 16.5. The summed E-state index contributed by atoms with van der Waals surface area (Å²) in [5, 5.41) is 2.40. The van der Waals surface area contributed by atoms with E-state index in [0.29, 0.717) is 5.75 Å². The molecular formula is C13H17NO4. The molecule has 0 aliphatic rings. The standard InChI is InChI=1S/C13H17NO4/c1-9-5-4-6-11(10(9)2)18-8-12(15)14-7-13(16)17-3/h4-6H,7-8H2,1-3H3,(H,14,15). The van der Waals surface area contributed by atoms with E-state index in [0.717, 1.165) is 11.1 Å². The van der Waals surface area contributed by atoms with Gasteiger partial charge >= 0.3 is 5.97 Å². The molecule has 0 spiro atoms. The Hall–Kier alpha value is -2.04. The Bertz CT molecular complexity index is 443. The summed E-state index contributed by atoms with van der Waals surface area (Å²) in [6.45, 7) is 3.63. The van der Waals surface area contributed by atoms with Gasteiger partial charge < -0.3 is 14.8 Å². The number of ether oxygens (including phenoxy) is 2. The second kappa shape index (κ2) is 6.64. The molecule has 1 aromatic carbocycles. The SMILES string of the molecule is COC(=O)CNC(=O)COc1cccc(C)c1C. The van der Waals surface area contributed by atoms with Crippen LogP contribution >= 0.6 is 0 Å². The number of benzene rings is 1. The minimum Gasteiger partial charge on any atom is -0.483 e. The molecule has 0 aliphatic heterocycles. The average molecular weight is 251 g/mol. The lowest BCUT2D eigenvalue weighted by atomic mass is 10.1. The predicted molar refractivity (Wildman–Crippen MR) is 66.4 cm³/mol. The van der Waals surface area contributed by atoms with Crippen molar-refractivity contribution in [3.05, 3.63) is 29.3 Å². The maximum Gasteiger partial charge on any atom is 0.325 e. The number of hydrogen-bond acceptors (Lipinski definition) is 4. The van der Waals surface area contributed by atoms with Crippen LogP contribution in [0.25, 0.3) is 0 Å². The van der Waals surface area contributed by atoms with Crippen LogP contribution in [0.5, 0.6) is 5.75 Å². The second-order valence-electron chi connectivity index (χ2n) is 3.84. The van der Waals surface area contributed by atoms with Gasteiger partial charge in [-0.3, -0.25) is 9.59 Å². The van der Waals surface area contributed by atoms with E-state index in [1.54, 1.807) is 6.07 Å². The van der Waals surface area contributed by atoms with Crippen molar-refractivity contribution in [2.24, 2.45) is 0 Å². The van der Waals surface area contributed by atoms with Crippen molar-refractivity contribution in [1.82, 2.24) is 5.32 Å². The maximum atomic E-state index is 11.4. The van der Waals surface area contributed by atoms with Crippen LogP contribution in [0.2, 0.25) is 0 Å². The molecule has 98 valence electrons. The lowest BCUT2D eigenvalue weighted by molar-refractivity contribution is -0.141. The molecule has 0 bridgehead atoms. The molecule has 5 heteroatoms. The van der Waals surface area contributed by atoms with Gasteiger partial charge in [0.15, 0.2) is 6.61 Å². The molecule has 1 aromatic rings. The first kappa shape index (κ1) is 14.0. The maximum absolute atomic E-state index is 11.4. The van der Waals surface area contributed by atoms with Crippen LogP contribution in [0.1, 0.15) is 11.1 Å². The molecule has 0 aromatic heterocycles. The number of aryl methyl sites for hydroxylation is 1. The van der Waals surface area contributed by atoms with Gasteiger partial charge in [-0.15, -0.1) is 0 Å². The second-order valence-corrected chi connectivity index (χ2v) is 3.84. The van der Waals surface area contributed by atoms with E-state index in [1.807, 2.05) is 26.0 Å². The number of amides is 1. The topological polar surface area (TPSA) is 64.6 Å². The van der Waals surface area contributed by atoms with Crippen LogP contribution in [0, 0.1) is 13.8 Å². The summed E-state index contributed by atoms with van der Waals surface area (Å²) in [5.74, 6) is -0.181. The van der Waals surface area contributed by atoms with E-state index in [4.69, 9.17) is 4.74 Å². The number of rotatable bonds is 5. The number of methoxy groups -OCH3 is 1. The fraction of sp³-hybridized carbons (Fsp3) is 0.385. The van der Waals surface area contributed by atoms with Crippen LogP contribution in [-0.4, -0.2) is 32.1 Å². The molecule has 0 saturated heterocycles. The smallest absolute Gasteiger partial charge is 0.325 e. The zero-order chi connectivity index (χ0) is 13.5. The molecular weight excluding hydrogens is 234 g/mol. The summed E-state index contributed by atoms with van der Waals surface area (Å²) < 4.78 is 9.78. The third-order valence-corrected chi connectivity index (χ3v) is 2.57. The van der Waals surface area contributed by atoms with Crippen LogP contribution in [0.3, 0.4) is 0 Å². The summed E-state index contributed by atoms with van der Waals surface area (Å²) in [6.07, 6.45) is 0. The number of carbonyl (C=O) groups is 2. The quantitative estimate of drug-likeness (QED) is 0.792. The molecule has 1 N–H and O–H groups in total. The van der Waals surface area contributed by atoms with Crippen molar-refractivity contribution in [3.8, 4) is 5.75 Å². The Labute approximate surface area is 106 Å². The van der Waals surface area contributed by atoms with Gasteiger partial charge in [0.25, 0.3) is 5.91 Å². The molecule has 18 heavy (non-hydrogen) atoms. The molecule has 0 aliphatic carbocycles. The normalized spacial score (nSPS) is 9.72. The van der Waals surface area contributed by atoms with Crippen molar-refractivity contribution in [2.45, 2.75) is 13.8 Å². The lowest BCUT2D eigenvalue weighted by Crippen LogP contribution is -2.33. The first-order chi connectivity index (χ1) is 8.54. The molecule has 0 fully saturated rings. The highest BCUT2D eigenvalue weighted by Gasteiger charge is 2.07. The fourth-order valence-electron chi connectivity index (χ4n) is 1.32. The van der Waals surface area contributed by atoms with E-state index >= 15 is 0 Å². The number of carbonyl (C=O) groups excluding carboxylic acids is 2. The van der Waals surface area contributed by atoms with Gasteiger partial charge in [0.05, 0.1) is 7.11 Å². The van der Waals surface area contributed by atoms with Gasteiger partial charge in [0.2, 0.25) is 0 Å². The summed E-state index contributed by atoms with van der Waals surface area (Å²) in [4.78, 5) is 22.2. The summed E-state index contributed by atoms with van der Waals surface area (Å²) >= 11 is 0. The molecule has 0 unspecified atom stereocenters. The zero-order valence-electron chi connectivity index (χ0n) is 10.8. The third kappa shape index (κ3) is 4.08. The minimum atomic E-state index is -0.491. The predicted octanol–water partition coefficient (Wildman–Crippen LogP) is 0.971. The monoisotopic (exact) mass is 251 g/mol. The molecule has 0 radical (unpaired) electrons. The van der Waals surface area contributed by atoms with Crippen molar-refractivity contribution >= 4 is 11.9 Å². The number of nitrogens with one attached hydrogen (secondary N) is 1. The largest absolute Gasteiger partial charge is 0.483 e. The molecule has 1 rings (SSSR count). The summed E-state index contributed by atoms with van der Waals surface area (Å²) in [7, 11) is 1.26. The molecule has 0 atom stereocenters. The van der Waals surface area contributed by atoms with Crippen molar-refractivity contribution < 1.29 is 19.1 Å². The number of hydrogen-bond donors (Lipinski definition) is 1. The van der Waals surface area contributed by atoms with Crippen LogP contribution in [-0.2, 0) is 14.3 Å². The van der Waals surface area contributed by atoms with Crippen molar-refractivity contribution in [3.63, 3.8) is 0 Å². The Morgan fingerprint density at radius 2 is 2.00 bits per heavy atom. The van der Waals surface area contributed by atoms with E-state index in [2.05, 4.69) is 10.1 Å². The van der Waals surface area contributed by atoms with E-state index in [-0.39, 0.29) is 19.1 Å². The Balaban J connectivity index is 2.43. The fourth-order valence-corrected chi connectivity index (χ4v) is 1.32. The highest BCUT2D eigenvalue weighted by molar-refractivity contribution is 5.82. The number of esters is 1. The lowest BCUT2D eigenvalue weighted by Gasteiger charge is -2.10. The Morgan fingerprint density at radius 1 is 1.28 bits per heavy atom. The Kier molecular flexibility index (Phi) is 5.17. The van der Waals surface area contributed by atoms with Gasteiger partial charge in [-0.05, 0) is 31.0 Å². The highest BCUT2D eigenvalue weighted by Crippen LogP contribution is 2.20. The first-order valence-electron chi connectivity index (χ1n) is 5.57. The van der Waals surface area contributed by atoms with Gasteiger partial charge in [-0.25, -0.2) is 0 Å². The van der Waals surface area contributed by atoms with E-state index in [9.17, 15) is 9.59 Å². The van der Waals surface area contributed by atoms with E-state index in [1.165, 1.54) is 7.11 Å². The summed E-state index contributed by atoms with van der Waals surface area (Å²) in [6, 6.07) is 5.64. The van der Waals surface area contributed by atoms with Gasteiger partial charge in [-0.1, -0.05) is 12.1 Å². The van der Waals surface area contributed by atoms with Crippen LogP contribution in [0.4, 0.5) is 0 Å². The average Bonchev–Trinajstić information content (AvgIpc) is 2.37. The third-order valence-electron chi connectivity index (χ3n) is 2.57. The van der Waals surface area contributed by atoms with Gasteiger partial charge in [-0.2, -0.15) is 0 Å². The van der Waals surface area contributed by atoms with Gasteiger partial charge in [0, 0.05) is 0 Å². The van der Waals surface area contributed by atoms with Crippen LogP contribution in [0.15, 0.2) is 18.2 Å². The summed E-state index contributed by atoms with van der Waals surface area (Å²) in [5.41, 5.74) is 2.10. The molecule has 1 amide bonds. The van der Waals surface area contributed by atoms with Crippen molar-refractivity contribution in [2.75, 3.05) is 20.3 Å². The molecule has 0 saturated carbocycles. The zero-order valence-corrected chi connectivity index (χ0v) is 10.8. The van der Waals surface area contributed by atoms with Gasteiger partial charge in [0.1, 0.15) is 12.3 Å². The van der Waals surface area contributed by atoms with E-state index < -0.39 is 5.97 Å². The molecule has 0 heterocycles. The first-order valence-corrected chi connectivity index (χ1v) is 5.57. The molecule has 5 nitrogen and oxygen atoms in total. The Morgan fingerprint density at radius 3 is 2.67 bits per heavy atom. The van der Waals surface area contributed by atoms with Crippen molar-refractivity contribution in [1.29, 1.82) is 0 Å².